The zero-order chi connectivity index (χ0) is 14.2. The van der Waals surface area contributed by atoms with Crippen LogP contribution in [0.3, 0.4) is 0 Å². The Morgan fingerprint density at radius 2 is 1.75 bits per heavy atom. The molecule has 1 aromatic rings. The van der Waals surface area contributed by atoms with Crippen LogP contribution in [0, 0.1) is 25.6 Å². The minimum absolute atomic E-state index is 0. The van der Waals surface area contributed by atoms with Crippen LogP contribution in [0.4, 0.5) is 0 Å². The molecule has 1 aromatic carbocycles. The number of hydrogen-bond donors (Lipinski definition) is 0. The van der Waals surface area contributed by atoms with E-state index in [2.05, 4.69) is 47.6 Å². The van der Waals surface area contributed by atoms with Crippen LogP contribution in [0.2, 0.25) is 0 Å². The molecule has 0 spiro atoms. The summed E-state index contributed by atoms with van der Waals surface area (Å²) < 4.78 is 3.34. The van der Waals surface area contributed by atoms with Crippen LogP contribution in [-0.2, 0) is 24.2 Å². The van der Waals surface area contributed by atoms with Crippen LogP contribution in [0.5, 0.6) is 0 Å². The van der Waals surface area contributed by atoms with Gasteiger partial charge in [-0.05, 0) is 0 Å². The van der Waals surface area contributed by atoms with Gasteiger partial charge in [0.2, 0.25) is 0 Å². The van der Waals surface area contributed by atoms with E-state index in [1.807, 2.05) is 42.5 Å². The summed E-state index contributed by atoms with van der Waals surface area (Å²) >= 11 is 1.30. The molecule has 2 aliphatic carbocycles. The van der Waals surface area contributed by atoms with Crippen molar-refractivity contribution in [2.45, 2.75) is 19.8 Å². The molecule has 0 nitrogen and oxygen atoms in total. The molecular weight excluding hydrogens is 319 g/mol. The third-order valence-corrected chi connectivity index (χ3v) is 2.06. The van der Waals surface area contributed by atoms with E-state index in [1.54, 1.807) is 0 Å². The Hall–Kier alpha value is -1.07. The Morgan fingerprint density at radius 1 is 1.05 bits per heavy atom. The SMILES string of the molecule is CC1=[C-]CC=C1.[C-]1=CC=CC1.[CH2]=[Zr].[CH3-].[c-]1ccccc1. The third-order valence-electron chi connectivity index (χ3n) is 2.06. The minimum atomic E-state index is 0. The zero-order valence-electron chi connectivity index (χ0n) is 12.4. The van der Waals surface area contributed by atoms with Crippen LogP contribution >= 0.6 is 0 Å². The molecule has 3 rings (SSSR count). The summed E-state index contributed by atoms with van der Waals surface area (Å²) in [5.41, 5.74) is 1.27. The summed E-state index contributed by atoms with van der Waals surface area (Å²) in [5.74, 6) is 0. The Bertz CT molecular complexity index is 371. The van der Waals surface area contributed by atoms with E-state index in [1.165, 1.54) is 29.8 Å². The maximum absolute atomic E-state index is 3.34. The summed E-state index contributed by atoms with van der Waals surface area (Å²) in [4.78, 5) is 0. The van der Waals surface area contributed by atoms with Gasteiger partial charge in [-0.3, -0.25) is 12.2 Å². The van der Waals surface area contributed by atoms with Crippen molar-refractivity contribution in [3.8, 4) is 0 Å². The minimum Gasteiger partial charge on any atom is -0.358 e. The Morgan fingerprint density at radius 3 is 1.90 bits per heavy atom. The largest absolute Gasteiger partial charge is 0.358 e. The van der Waals surface area contributed by atoms with Gasteiger partial charge in [0.05, 0.1) is 0 Å². The molecule has 20 heavy (non-hydrogen) atoms. The molecular formula is C19H22Zr-4. The second kappa shape index (κ2) is 17.9. The van der Waals surface area contributed by atoms with Crippen molar-refractivity contribution in [3.63, 3.8) is 0 Å². The van der Waals surface area contributed by atoms with E-state index in [4.69, 9.17) is 0 Å². The Labute approximate surface area is 139 Å². The molecule has 0 saturated heterocycles. The topological polar surface area (TPSA) is 0 Å². The van der Waals surface area contributed by atoms with Gasteiger partial charge in [0.15, 0.2) is 0 Å². The summed E-state index contributed by atoms with van der Waals surface area (Å²) in [6.07, 6.45) is 18.3. The molecule has 0 saturated carbocycles. The Kier molecular flexibility index (Phi) is 19.0. The number of rotatable bonds is 0. The summed E-state index contributed by atoms with van der Waals surface area (Å²) in [6, 6.07) is 12.5. The van der Waals surface area contributed by atoms with Crippen LogP contribution in [-0.4, -0.2) is 4.21 Å². The second-order valence-electron chi connectivity index (χ2n) is 3.55. The third kappa shape index (κ3) is 15.0. The molecule has 2 aliphatic rings. The average molecular weight is 342 g/mol. The van der Waals surface area contributed by atoms with E-state index >= 15 is 0 Å². The smallest absolute Gasteiger partial charge is 0.171 e. The molecule has 0 heterocycles. The van der Waals surface area contributed by atoms with E-state index in [-0.39, 0.29) is 7.43 Å². The molecule has 0 aromatic heterocycles. The fourth-order valence-corrected chi connectivity index (χ4v) is 1.20. The van der Waals surface area contributed by atoms with E-state index in [0.29, 0.717) is 0 Å². The summed E-state index contributed by atoms with van der Waals surface area (Å²) in [7, 11) is 0. The molecule has 0 fully saturated rings. The van der Waals surface area contributed by atoms with Gasteiger partial charge < -0.3 is 7.43 Å². The van der Waals surface area contributed by atoms with Crippen LogP contribution in [0.1, 0.15) is 19.8 Å². The fraction of sp³-hybridized carbons (Fsp3) is 0.158. The van der Waals surface area contributed by atoms with Crippen LogP contribution in [0.15, 0.2) is 66.3 Å². The fourth-order valence-electron chi connectivity index (χ4n) is 1.20. The number of allylic oxidation sites excluding steroid dienone is 8. The van der Waals surface area contributed by atoms with Crippen molar-refractivity contribution in [2.75, 3.05) is 0 Å². The van der Waals surface area contributed by atoms with Gasteiger partial charge in [-0.15, -0.1) is 12.8 Å². The van der Waals surface area contributed by atoms with Gasteiger partial charge in [-0.2, -0.15) is 48.6 Å². The van der Waals surface area contributed by atoms with Gasteiger partial charge in [0, 0.05) is 0 Å². The summed E-state index contributed by atoms with van der Waals surface area (Å²) in [5, 5.41) is 0. The molecule has 0 amide bonds. The van der Waals surface area contributed by atoms with Crippen molar-refractivity contribution < 1.29 is 24.2 Å². The predicted molar refractivity (Wildman–Crippen MR) is 86.6 cm³/mol. The van der Waals surface area contributed by atoms with Crippen molar-refractivity contribution in [1.82, 2.24) is 0 Å². The zero-order valence-corrected chi connectivity index (χ0v) is 14.9. The number of benzene rings is 1. The van der Waals surface area contributed by atoms with Gasteiger partial charge in [0.1, 0.15) is 0 Å². The standard InChI is InChI=1S/C6H7.C6H5.C5H5.CH3.CH2.Zr/c1-6-4-2-3-5-6;1-2-4-6-5-3-1;1-2-4-5-3-1;;;/h2,4H,3H2,1H3;1-5H;1-3H,4H2;1H3;1H2;/q4*-1;;. The van der Waals surface area contributed by atoms with Crippen molar-refractivity contribution in [2.24, 2.45) is 0 Å². The predicted octanol–water partition coefficient (Wildman–Crippen LogP) is 4.90. The van der Waals surface area contributed by atoms with Crippen molar-refractivity contribution in [3.05, 3.63) is 91.9 Å². The van der Waals surface area contributed by atoms with Crippen molar-refractivity contribution >= 4 is 4.21 Å². The van der Waals surface area contributed by atoms with Crippen LogP contribution < -0.4 is 0 Å². The second-order valence-corrected chi connectivity index (χ2v) is 3.55. The normalized spacial score (nSPS) is 12.5. The molecule has 0 N–H and O–H groups in total. The average Bonchev–Trinajstić information content (AvgIpc) is 3.19. The molecule has 0 bridgehead atoms. The molecule has 0 radical (unpaired) electrons. The maximum Gasteiger partial charge on any atom is -0.171 e. The summed E-state index contributed by atoms with van der Waals surface area (Å²) in [6.45, 7) is 2.06. The molecule has 106 valence electrons. The van der Waals surface area contributed by atoms with Crippen molar-refractivity contribution in [1.29, 1.82) is 0 Å². The molecule has 0 unspecified atom stereocenters. The number of hydrogen-bond acceptors (Lipinski definition) is 0. The monoisotopic (exact) mass is 340 g/mol. The molecule has 0 aliphatic heterocycles. The van der Waals surface area contributed by atoms with Gasteiger partial charge >= 0.3 is 28.4 Å². The van der Waals surface area contributed by atoms with Gasteiger partial charge in [-0.1, -0.05) is 6.92 Å². The maximum atomic E-state index is 3.34. The van der Waals surface area contributed by atoms with E-state index < -0.39 is 0 Å². The first-order valence-corrected chi connectivity index (χ1v) is 7.85. The van der Waals surface area contributed by atoms with E-state index in [9.17, 15) is 0 Å². The first-order valence-electron chi connectivity index (χ1n) is 6.12. The first-order chi connectivity index (χ1) is 9.39. The first kappa shape index (κ1) is 21.2. The van der Waals surface area contributed by atoms with Crippen LogP contribution in [0.25, 0.3) is 0 Å². The van der Waals surface area contributed by atoms with Gasteiger partial charge in [-0.25, -0.2) is 23.8 Å². The van der Waals surface area contributed by atoms with E-state index in [0.717, 1.165) is 12.8 Å². The van der Waals surface area contributed by atoms with Gasteiger partial charge in [0.25, 0.3) is 0 Å². The Balaban J connectivity index is 0. The molecule has 1 heteroatoms. The molecule has 0 atom stereocenters. The quantitative estimate of drug-likeness (QED) is 0.589.